The lowest BCUT2D eigenvalue weighted by atomic mass is 9.74. The van der Waals surface area contributed by atoms with Crippen LogP contribution in [0.3, 0.4) is 0 Å². The van der Waals surface area contributed by atoms with Crippen molar-refractivity contribution in [1.82, 2.24) is 25.2 Å². The van der Waals surface area contributed by atoms with Crippen LogP contribution in [0.5, 0.6) is 0 Å². The lowest BCUT2D eigenvalue weighted by molar-refractivity contribution is -0.132. The number of carbonyl (C=O) groups is 2. The molecule has 0 unspecified atom stereocenters. The summed E-state index contributed by atoms with van der Waals surface area (Å²) in [5.74, 6) is 1.41. The summed E-state index contributed by atoms with van der Waals surface area (Å²) in [4.78, 5) is 43.6. The predicted octanol–water partition coefficient (Wildman–Crippen LogP) is 1.76. The molecule has 1 aliphatic carbocycles. The van der Waals surface area contributed by atoms with Gasteiger partial charge in [0.25, 0.3) is 5.91 Å². The SMILES string of the molecule is O=C(c1cccnc1)N1CCC[C@]2(C(=O)NCC3CC3)CN(c3ncccn3)C[C@@H]2C1. The number of carbonyl (C=O) groups excluding carboxylic acids is 2. The fourth-order valence-electron chi connectivity index (χ4n) is 5.00. The summed E-state index contributed by atoms with van der Waals surface area (Å²) in [6, 6.07) is 5.38. The van der Waals surface area contributed by atoms with Gasteiger partial charge in [0.05, 0.1) is 11.0 Å². The quantitative estimate of drug-likeness (QED) is 0.793. The fourth-order valence-corrected chi connectivity index (χ4v) is 5.00. The number of nitrogens with zero attached hydrogens (tertiary/aromatic N) is 5. The van der Waals surface area contributed by atoms with Crippen LogP contribution >= 0.6 is 0 Å². The fraction of sp³-hybridized carbons (Fsp3) is 0.522. The van der Waals surface area contributed by atoms with Crippen molar-refractivity contribution in [2.75, 3.05) is 37.6 Å². The van der Waals surface area contributed by atoms with Crippen LogP contribution in [-0.2, 0) is 4.79 Å². The highest BCUT2D eigenvalue weighted by Crippen LogP contribution is 2.44. The standard InChI is InChI=1S/C23H28N6O2/c30-20(18-4-1-8-24-13-18)28-11-2-7-23(21(31)27-12-17-5-6-17)16-29(15-19(23)14-28)22-25-9-3-10-26-22/h1,3-4,8-10,13,17,19H,2,5-7,11-12,14-16H2,(H,27,31)/t19-,23-/m0/s1. The maximum atomic E-state index is 13.5. The molecule has 2 aromatic rings. The van der Waals surface area contributed by atoms with E-state index in [1.165, 1.54) is 12.8 Å². The van der Waals surface area contributed by atoms with Crippen molar-refractivity contribution in [3.05, 3.63) is 48.5 Å². The summed E-state index contributed by atoms with van der Waals surface area (Å²) < 4.78 is 0. The molecule has 4 heterocycles. The van der Waals surface area contributed by atoms with E-state index in [0.29, 0.717) is 43.6 Å². The average Bonchev–Trinajstić information content (AvgIpc) is 3.61. The molecule has 8 nitrogen and oxygen atoms in total. The van der Waals surface area contributed by atoms with E-state index in [1.54, 1.807) is 43.0 Å². The van der Waals surface area contributed by atoms with Crippen LogP contribution in [0.1, 0.15) is 36.0 Å². The number of nitrogens with one attached hydrogen (secondary N) is 1. The second-order valence-corrected chi connectivity index (χ2v) is 9.03. The van der Waals surface area contributed by atoms with E-state index >= 15 is 0 Å². The van der Waals surface area contributed by atoms with Crippen molar-refractivity contribution >= 4 is 17.8 Å². The number of rotatable bonds is 5. The summed E-state index contributed by atoms with van der Waals surface area (Å²) in [6.07, 6.45) is 10.7. The van der Waals surface area contributed by atoms with Gasteiger partial charge in [0.1, 0.15) is 0 Å². The zero-order valence-electron chi connectivity index (χ0n) is 17.6. The second kappa shape index (κ2) is 8.24. The molecular formula is C23H28N6O2. The number of pyridine rings is 1. The Morgan fingerprint density at radius 3 is 2.71 bits per heavy atom. The van der Waals surface area contributed by atoms with Crippen LogP contribution in [0.25, 0.3) is 0 Å². The summed E-state index contributed by atoms with van der Waals surface area (Å²) in [6.45, 7) is 3.22. The Balaban J connectivity index is 1.40. The Labute approximate surface area is 182 Å². The van der Waals surface area contributed by atoms with Gasteiger partial charge in [-0.1, -0.05) is 0 Å². The molecule has 3 fully saturated rings. The van der Waals surface area contributed by atoms with Crippen molar-refractivity contribution in [3.8, 4) is 0 Å². The van der Waals surface area contributed by atoms with Crippen molar-refractivity contribution in [2.24, 2.45) is 17.3 Å². The van der Waals surface area contributed by atoms with Gasteiger partial charge in [0.2, 0.25) is 11.9 Å². The van der Waals surface area contributed by atoms with Gasteiger partial charge in [-0.15, -0.1) is 0 Å². The van der Waals surface area contributed by atoms with E-state index < -0.39 is 5.41 Å². The van der Waals surface area contributed by atoms with Crippen molar-refractivity contribution in [3.63, 3.8) is 0 Å². The maximum Gasteiger partial charge on any atom is 0.255 e. The second-order valence-electron chi connectivity index (χ2n) is 9.03. The zero-order chi connectivity index (χ0) is 21.3. The molecule has 0 spiro atoms. The van der Waals surface area contributed by atoms with E-state index in [9.17, 15) is 9.59 Å². The van der Waals surface area contributed by atoms with E-state index in [-0.39, 0.29) is 17.7 Å². The van der Waals surface area contributed by atoms with Gasteiger partial charge in [-0.2, -0.15) is 0 Å². The molecule has 162 valence electrons. The first-order chi connectivity index (χ1) is 15.2. The number of anilines is 1. The van der Waals surface area contributed by atoms with E-state index in [2.05, 4.69) is 25.2 Å². The Morgan fingerprint density at radius 1 is 1.13 bits per heavy atom. The number of fused-ring (bicyclic) bond motifs is 1. The Hall–Kier alpha value is -3.03. The summed E-state index contributed by atoms with van der Waals surface area (Å²) in [5, 5.41) is 3.23. The summed E-state index contributed by atoms with van der Waals surface area (Å²) in [5.41, 5.74) is 0.0624. The zero-order valence-corrected chi connectivity index (χ0v) is 17.6. The first-order valence-electron chi connectivity index (χ1n) is 11.2. The summed E-state index contributed by atoms with van der Waals surface area (Å²) in [7, 11) is 0. The molecule has 1 saturated carbocycles. The van der Waals surface area contributed by atoms with Gasteiger partial charge in [0, 0.05) is 63.4 Å². The maximum absolute atomic E-state index is 13.5. The third kappa shape index (κ3) is 3.98. The molecular weight excluding hydrogens is 392 g/mol. The van der Waals surface area contributed by atoms with E-state index in [0.717, 1.165) is 19.4 Å². The minimum absolute atomic E-state index is 0.0169. The van der Waals surface area contributed by atoms with Gasteiger partial charge >= 0.3 is 0 Å². The molecule has 3 aliphatic rings. The van der Waals surface area contributed by atoms with Gasteiger partial charge in [-0.3, -0.25) is 14.6 Å². The monoisotopic (exact) mass is 420 g/mol. The van der Waals surface area contributed by atoms with Crippen LogP contribution in [-0.4, -0.2) is 64.4 Å². The normalized spacial score (nSPS) is 25.6. The molecule has 0 bridgehead atoms. The first-order valence-corrected chi connectivity index (χ1v) is 11.2. The van der Waals surface area contributed by atoms with E-state index in [4.69, 9.17) is 0 Å². The Bertz CT molecular complexity index is 936. The van der Waals surface area contributed by atoms with Crippen molar-refractivity contribution in [2.45, 2.75) is 25.7 Å². The molecule has 31 heavy (non-hydrogen) atoms. The van der Waals surface area contributed by atoms with Crippen LogP contribution < -0.4 is 10.2 Å². The van der Waals surface area contributed by atoms with Crippen LogP contribution in [0, 0.1) is 17.3 Å². The smallest absolute Gasteiger partial charge is 0.255 e. The van der Waals surface area contributed by atoms with Crippen LogP contribution in [0.4, 0.5) is 5.95 Å². The molecule has 8 heteroatoms. The van der Waals surface area contributed by atoms with E-state index in [1.807, 2.05) is 4.90 Å². The highest BCUT2D eigenvalue weighted by molar-refractivity contribution is 5.94. The van der Waals surface area contributed by atoms with Crippen LogP contribution in [0.15, 0.2) is 43.0 Å². The Kier molecular flexibility index (Phi) is 5.29. The molecule has 0 aromatic carbocycles. The molecule has 2 saturated heterocycles. The van der Waals surface area contributed by atoms with Gasteiger partial charge in [-0.25, -0.2) is 9.97 Å². The number of aromatic nitrogens is 3. The Morgan fingerprint density at radius 2 is 1.97 bits per heavy atom. The van der Waals surface area contributed by atoms with Gasteiger partial charge in [0.15, 0.2) is 0 Å². The topological polar surface area (TPSA) is 91.3 Å². The third-order valence-corrected chi connectivity index (χ3v) is 6.92. The molecule has 0 radical (unpaired) electrons. The number of hydrogen-bond donors (Lipinski definition) is 1. The third-order valence-electron chi connectivity index (χ3n) is 6.92. The molecule has 5 rings (SSSR count). The highest BCUT2D eigenvalue weighted by Gasteiger charge is 2.54. The summed E-state index contributed by atoms with van der Waals surface area (Å²) >= 11 is 0. The predicted molar refractivity (Wildman–Crippen MR) is 115 cm³/mol. The lowest BCUT2D eigenvalue weighted by Crippen LogP contribution is -2.48. The van der Waals surface area contributed by atoms with Crippen molar-refractivity contribution < 1.29 is 9.59 Å². The number of likely N-dealkylation sites (tertiary alicyclic amines) is 1. The lowest BCUT2D eigenvalue weighted by Gasteiger charge is -2.32. The highest BCUT2D eigenvalue weighted by atomic mass is 16.2. The number of amides is 2. The minimum atomic E-state index is -0.530. The largest absolute Gasteiger partial charge is 0.355 e. The molecule has 2 aliphatic heterocycles. The molecule has 2 amide bonds. The molecule has 2 aromatic heterocycles. The van der Waals surface area contributed by atoms with Crippen molar-refractivity contribution in [1.29, 1.82) is 0 Å². The minimum Gasteiger partial charge on any atom is -0.355 e. The van der Waals surface area contributed by atoms with Gasteiger partial charge < -0.3 is 15.1 Å². The molecule has 2 atom stereocenters. The molecule has 1 N–H and O–H groups in total. The number of hydrogen-bond acceptors (Lipinski definition) is 6. The van der Waals surface area contributed by atoms with Gasteiger partial charge in [-0.05, 0) is 49.8 Å². The van der Waals surface area contributed by atoms with Crippen LogP contribution in [0.2, 0.25) is 0 Å². The first kappa shape index (κ1) is 19.9. The average molecular weight is 421 g/mol.